The minimum Gasteiger partial charge on any atom is -0.462 e. The molecule has 0 spiro atoms. The number of rotatable bonds is 46. The molecule has 0 saturated carbocycles. The van der Waals surface area contributed by atoms with Gasteiger partial charge in [0.15, 0.2) is 6.10 Å². The summed E-state index contributed by atoms with van der Waals surface area (Å²) in [6.45, 7) is 7.67. The van der Waals surface area contributed by atoms with Crippen molar-refractivity contribution in [1.82, 2.24) is 0 Å². The summed E-state index contributed by atoms with van der Waals surface area (Å²) < 4.78 is 17.3. The van der Waals surface area contributed by atoms with Crippen molar-refractivity contribution in [3.8, 4) is 0 Å². The number of hydrogen-bond acceptors (Lipinski definition) is 5. The zero-order valence-corrected chi connectivity index (χ0v) is 38.8. The van der Waals surface area contributed by atoms with Gasteiger partial charge in [0.2, 0.25) is 0 Å². The predicted octanol–water partition coefficient (Wildman–Crippen LogP) is 16.8. The molecule has 0 amide bonds. The average Bonchev–Trinajstić information content (AvgIpc) is 3.22. The maximum atomic E-state index is 12.7. The van der Waals surface area contributed by atoms with Crippen LogP contribution in [-0.2, 0) is 23.8 Å². The van der Waals surface area contributed by atoms with Crippen LogP contribution in [0.25, 0.3) is 0 Å². The third kappa shape index (κ3) is 46.5. The number of carbonyl (C=O) groups excluding carboxylic acids is 2. The number of allylic oxidation sites excluding steroid dienone is 8. The van der Waals surface area contributed by atoms with Gasteiger partial charge < -0.3 is 14.2 Å². The maximum absolute atomic E-state index is 12.7. The molecular weight excluding hydrogens is 717 g/mol. The van der Waals surface area contributed by atoms with Crippen molar-refractivity contribution in [2.75, 3.05) is 19.8 Å². The van der Waals surface area contributed by atoms with Gasteiger partial charge in [-0.1, -0.05) is 230 Å². The molecular formula is C53H96O5. The van der Waals surface area contributed by atoms with E-state index in [1.54, 1.807) is 0 Å². The maximum Gasteiger partial charge on any atom is 0.306 e. The minimum atomic E-state index is -0.539. The Morgan fingerprint density at radius 2 is 0.776 bits per heavy atom. The summed E-state index contributed by atoms with van der Waals surface area (Å²) in [5.74, 6) is -0.404. The Kier molecular flexibility index (Phi) is 47.4. The summed E-state index contributed by atoms with van der Waals surface area (Å²) >= 11 is 0. The largest absolute Gasteiger partial charge is 0.462 e. The molecule has 0 fully saturated rings. The van der Waals surface area contributed by atoms with Gasteiger partial charge in [-0.3, -0.25) is 9.59 Å². The smallest absolute Gasteiger partial charge is 0.306 e. The number of ether oxygens (including phenoxy) is 3. The van der Waals surface area contributed by atoms with Gasteiger partial charge in [-0.15, -0.1) is 0 Å². The van der Waals surface area contributed by atoms with Gasteiger partial charge in [-0.25, -0.2) is 0 Å². The molecule has 0 aliphatic carbocycles. The van der Waals surface area contributed by atoms with Crippen molar-refractivity contribution >= 4 is 11.9 Å². The topological polar surface area (TPSA) is 61.8 Å². The van der Waals surface area contributed by atoms with Gasteiger partial charge in [0.05, 0.1) is 6.61 Å². The Balaban J connectivity index is 4.13. The van der Waals surface area contributed by atoms with Crippen LogP contribution in [0, 0.1) is 0 Å². The van der Waals surface area contributed by atoms with Gasteiger partial charge >= 0.3 is 11.9 Å². The molecule has 0 saturated heterocycles. The lowest BCUT2D eigenvalue weighted by Crippen LogP contribution is -2.30. The molecule has 0 aliphatic rings. The average molecular weight is 813 g/mol. The molecule has 0 bridgehead atoms. The van der Waals surface area contributed by atoms with Crippen LogP contribution in [0.3, 0.4) is 0 Å². The lowest BCUT2D eigenvalue weighted by molar-refractivity contribution is -0.163. The lowest BCUT2D eigenvalue weighted by atomic mass is 10.0. The second kappa shape index (κ2) is 49.2. The van der Waals surface area contributed by atoms with E-state index in [0.29, 0.717) is 19.4 Å². The van der Waals surface area contributed by atoms with Crippen LogP contribution in [0.5, 0.6) is 0 Å². The quantitative estimate of drug-likeness (QED) is 0.0348. The fraction of sp³-hybridized carbons (Fsp3) is 0.811. The molecule has 1 atom stereocenters. The van der Waals surface area contributed by atoms with Crippen LogP contribution in [0.2, 0.25) is 0 Å². The highest BCUT2D eigenvalue weighted by Gasteiger charge is 2.17. The summed E-state index contributed by atoms with van der Waals surface area (Å²) in [5, 5.41) is 0. The summed E-state index contributed by atoms with van der Waals surface area (Å²) in [4.78, 5) is 25.2. The van der Waals surface area contributed by atoms with Crippen LogP contribution < -0.4 is 0 Å². The molecule has 58 heavy (non-hydrogen) atoms. The molecule has 5 heteroatoms. The number of hydrogen-bond donors (Lipinski definition) is 0. The molecule has 5 nitrogen and oxygen atoms in total. The second-order valence-corrected chi connectivity index (χ2v) is 16.7. The van der Waals surface area contributed by atoms with Crippen molar-refractivity contribution in [3.05, 3.63) is 48.6 Å². The van der Waals surface area contributed by atoms with E-state index >= 15 is 0 Å². The monoisotopic (exact) mass is 813 g/mol. The number of esters is 2. The molecule has 0 aliphatic heterocycles. The first kappa shape index (κ1) is 55.9. The highest BCUT2D eigenvalue weighted by atomic mass is 16.6. The van der Waals surface area contributed by atoms with Gasteiger partial charge in [0.25, 0.3) is 0 Å². The van der Waals surface area contributed by atoms with E-state index in [0.717, 1.165) is 70.6 Å². The third-order valence-electron chi connectivity index (χ3n) is 10.9. The molecule has 0 radical (unpaired) electrons. The first-order valence-corrected chi connectivity index (χ1v) is 25.2. The molecule has 1 unspecified atom stereocenters. The van der Waals surface area contributed by atoms with Crippen molar-refractivity contribution in [3.63, 3.8) is 0 Å². The molecule has 0 aromatic carbocycles. The standard InChI is InChI=1S/C53H96O5/c1-4-7-10-13-16-18-20-22-24-26-28-30-32-34-36-39-42-45-48-56-49-51(58-53(55)47-44-41-37-15-12-9-6-3)50-57-52(54)46-43-40-38-35-33-31-29-27-25-23-21-19-17-14-11-8-5-2/h7,10,16,18,22,24,28,30,51H,4-6,8-9,11-15,17,19-21,23,25-27,29,31-50H2,1-3H3/b10-7-,18-16-,24-22-,30-28-. The molecule has 0 rings (SSSR count). The first-order valence-electron chi connectivity index (χ1n) is 25.2. The van der Waals surface area contributed by atoms with Crippen LogP contribution in [0.15, 0.2) is 48.6 Å². The van der Waals surface area contributed by atoms with Crippen molar-refractivity contribution in [1.29, 1.82) is 0 Å². The Hall–Kier alpha value is -2.14. The molecule has 0 aromatic rings. The summed E-state index contributed by atoms with van der Waals surface area (Å²) in [5.41, 5.74) is 0. The zero-order valence-electron chi connectivity index (χ0n) is 38.8. The van der Waals surface area contributed by atoms with E-state index in [4.69, 9.17) is 14.2 Å². The Bertz CT molecular complexity index is 966. The van der Waals surface area contributed by atoms with E-state index in [1.165, 1.54) is 148 Å². The van der Waals surface area contributed by atoms with E-state index < -0.39 is 6.10 Å². The fourth-order valence-electron chi connectivity index (χ4n) is 7.15. The van der Waals surface area contributed by atoms with Gasteiger partial charge in [0.1, 0.15) is 6.61 Å². The first-order chi connectivity index (χ1) is 28.6. The normalized spacial score (nSPS) is 12.5. The summed E-state index contributed by atoms with van der Waals surface area (Å²) in [6.07, 6.45) is 59.9. The van der Waals surface area contributed by atoms with Gasteiger partial charge in [-0.05, 0) is 57.8 Å². The van der Waals surface area contributed by atoms with Crippen LogP contribution in [0.4, 0.5) is 0 Å². The lowest BCUT2D eigenvalue weighted by Gasteiger charge is -2.18. The zero-order chi connectivity index (χ0) is 42.1. The summed E-state index contributed by atoms with van der Waals surface area (Å²) in [6, 6.07) is 0. The molecule has 0 heterocycles. The van der Waals surface area contributed by atoms with Gasteiger partial charge in [-0.2, -0.15) is 0 Å². The van der Waals surface area contributed by atoms with Crippen molar-refractivity contribution in [2.24, 2.45) is 0 Å². The third-order valence-corrected chi connectivity index (χ3v) is 10.9. The van der Waals surface area contributed by atoms with Crippen LogP contribution in [0.1, 0.15) is 252 Å². The highest BCUT2D eigenvalue weighted by molar-refractivity contribution is 5.70. The minimum absolute atomic E-state index is 0.0812. The number of unbranched alkanes of at least 4 members (excludes halogenated alkanes) is 27. The van der Waals surface area contributed by atoms with E-state index in [-0.39, 0.29) is 25.2 Å². The number of carbonyl (C=O) groups is 2. The molecule has 0 aromatic heterocycles. The van der Waals surface area contributed by atoms with Crippen LogP contribution in [-0.4, -0.2) is 37.9 Å². The van der Waals surface area contributed by atoms with Crippen LogP contribution >= 0.6 is 0 Å². The van der Waals surface area contributed by atoms with Crippen molar-refractivity contribution < 1.29 is 23.8 Å². The van der Waals surface area contributed by atoms with E-state index in [1.807, 2.05) is 0 Å². The Labute approximate surface area is 361 Å². The summed E-state index contributed by atoms with van der Waals surface area (Å²) in [7, 11) is 0. The van der Waals surface area contributed by atoms with Crippen molar-refractivity contribution in [2.45, 2.75) is 258 Å². The second-order valence-electron chi connectivity index (χ2n) is 16.7. The molecule has 338 valence electrons. The fourth-order valence-corrected chi connectivity index (χ4v) is 7.15. The van der Waals surface area contributed by atoms with Gasteiger partial charge in [0, 0.05) is 19.4 Å². The Morgan fingerprint density at radius 1 is 0.397 bits per heavy atom. The predicted molar refractivity (Wildman–Crippen MR) is 251 cm³/mol. The Morgan fingerprint density at radius 3 is 1.24 bits per heavy atom. The van der Waals surface area contributed by atoms with E-state index in [2.05, 4.69) is 69.4 Å². The molecule has 0 N–H and O–H groups in total. The van der Waals surface area contributed by atoms with E-state index in [9.17, 15) is 9.59 Å². The SMILES string of the molecule is CC/C=C\C/C=C\C/C=C\C/C=C\CCCCCCCOCC(COC(=O)CCCCCCCCCCCCCCCCCCC)OC(=O)CCCCCCCCC. The highest BCUT2D eigenvalue weighted by Crippen LogP contribution is 2.15.